The lowest BCUT2D eigenvalue weighted by molar-refractivity contribution is 0.171. The summed E-state index contributed by atoms with van der Waals surface area (Å²) in [5, 5.41) is 10.2. The number of rotatable bonds is 3. The van der Waals surface area contributed by atoms with Crippen LogP contribution in [-0.2, 0) is 6.42 Å². The van der Waals surface area contributed by atoms with Crippen LogP contribution in [0.15, 0.2) is 36.4 Å². The summed E-state index contributed by atoms with van der Waals surface area (Å²) < 4.78 is 36.4. The molecule has 0 aliphatic carbocycles. The van der Waals surface area contributed by atoms with E-state index in [0.717, 1.165) is 12.1 Å². The SMILES string of the molecule is OC(Cc1ccc(F)c(F)c1)c1ccc2c(c1)OCO2. The molecule has 0 fully saturated rings. The third kappa shape index (κ3) is 2.44. The molecule has 1 N–H and O–H groups in total. The molecule has 1 aliphatic heterocycles. The number of hydrogen-bond donors (Lipinski definition) is 1. The Morgan fingerprint density at radius 1 is 1.00 bits per heavy atom. The Morgan fingerprint density at radius 3 is 2.60 bits per heavy atom. The van der Waals surface area contributed by atoms with E-state index in [1.165, 1.54) is 6.07 Å². The topological polar surface area (TPSA) is 38.7 Å². The minimum absolute atomic E-state index is 0.165. The van der Waals surface area contributed by atoms with Crippen LogP contribution in [0.1, 0.15) is 17.2 Å². The molecule has 2 aromatic rings. The zero-order valence-electron chi connectivity index (χ0n) is 10.5. The number of fused-ring (bicyclic) bond motifs is 1. The Morgan fingerprint density at radius 2 is 1.80 bits per heavy atom. The second kappa shape index (κ2) is 5.09. The summed E-state index contributed by atoms with van der Waals surface area (Å²) >= 11 is 0. The monoisotopic (exact) mass is 278 g/mol. The molecular formula is C15H12F2O3. The third-order valence-electron chi connectivity index (χ3n) is 3.19. The second-order valence-electron chi connectivity index (χ2n) is 4.58. The normalized spacial score (nSPS) is 14.3. The van der Waals surface area contributed by atoms with Crippen molar-refractivity contribution in [2.75, 3.05) is 6.79 Å². The fourth-order valence-corrected chi connectivity index (χ4v) is 2.13. The van der Waals surface area contributed by atoms with Gasteiger partial charge in [0, 0.05) is 6.42 Å². The third-order valence-corrected chi connectivity index (χ3v) is 3.19. The van der Waals surface area contributed by atoms with Crippen LogP contribution in [0.3, 0.4) is 0 Å². The van der Waals surface area contributed by atoms with Gasteiger partial charge in [0.2, 0.25) is 6.79 Å². The average molecular weight is 278 g/mol. The van der Waals surface area contributed by atoms with Gasteiger partial charge in [-0.3, -0.25) is 0 Å². The highest BCUT2D eigenvalue weighted by atomic mass is 19.2. The van der Waals surface area contributed by atoms with Gasteiger partial charge < -0.3 is 14.6 Å². The highest BCUT2D eigenvalue weighted by Crippen LogP contribution is 2.34. The van der Waals surface area contributed by atoms with Crippen molar-refractivity contribution in [3.8, 4) is 11.5 Å². The summed E-state index contributed by atoms with van der Waals surface area (Å²) in [5.41, 5.74) is 1.16. The van der Waals surface area contributed by atoms with E-state index in [1.54, 1.807) is 18.2 Å². The van der Waals surface area contributed by atoms with Gasteiger partial charge in [0.15, 0.2) is 23.1 Å². The van der Waals surface area contributed by atoms with Crippen LogP contribution in [0, 0.1) is 11.6 Å². The zero-order chi connectivity index (χ0) is 14.1. The maximum absolute atomic E-state index is 13.1. The van der Waals surface area contributed by atoms with E-state index < -0.39 is 17.7 Å². The highest BCUT2D eigenvalue weighted by Gasteiger charge is 2.17. The molecule has 0 radical (unpaired) electrons. The van der Waals surface area contributed by atoms with Gasteiger partial charge in [-0.05, 0) is 35.4 Å². The van der Waals surface area contributed by atoms with Gasteiger partial charge >= 0.3 is 0 Å². The standard InChI is InChI=1S/C15H12F2O3/c16-11-3-1-9(5-12(11)17)6-13(18)10-2-4-14-15(7-10)20-8-19-14/h1-5,7,13,18H,6,8H2. The van der Waals surface area contributed by atoms with Gasteiger partial charge in [0.25, 0.3) is 0 Å². The molecule has 104 valence electrons. The molecule has 0 saturated heterocycles. The van der Waals surface area contributed by atoms with E-state index >= 15 is 0 Å². The molecule has 1 atom stereocenters. The van der Waals surface area contributed by atoms with E-state index in [-0.39, 0.29) is 13.2 Å². The molecule has 0 saturated carbocycles. The number of hydrogen-bond acceptors (Lipinski definition) is 3. The Kier molecular flexibility index (Phi) is 3.28. The van der Waals surface area contributed by atoms with Crippen LogP contribution in [0.2, 0.25) is 0 Å². The maximum Gasteiger partial charge on any atom is 0.231 e. The first-order valence-electron chi connectivity index (χ1n) is 6.15. The van der Waals surface area contributed by atoms with Crippen molar-refractivity contribution in [3.63, 3.8) is 0 Å². The lowest BCUT2D eigenvalue weighted by Crippen LogP contribution is -2.02. The van der Waals surface area contributed by atoms with Gasteiger partial charge in [0.05, 0.1) is 6.10 Å². The number of benzene rings is 2. The molecule has 1 heterocycles. The van der Waals surface area contributed by atoms with Crippen LogP contribution in [0.4, 0.5) is 8.78 Å². The van der Waals surface area contributed by atoms with Crippen LogP contribution in [-0.4, -0.2) is 11.9 Å². The van der Waals surface area contributed by atoms with Gasteiger partial charge in [-0.2, -0.15) is 0 Å². The van der Waals surface area contributed by atoms with Gasteiger partial charge in [-0.25, -0.2) is 8.78 Å². The minimum atomic E-state index is -0.916. The molecule has 0 spiro atoms. The van der Waals surface area contributed by atoms with Crippen molar-refractivity contribution >= 4 is 0 Å². The van der Waals surface area contributed by atoms with Gasteiger partial charge in [-0.1, -0.05) is 12.1 Å². The predicted octanol–water partition coefficient (Wildman–Crippen LogP) is 2.97. The number of aliphatic hydroxyl groups excluding tert-OH is 1. The summed E-state index contributed by atoms with van der Waals surface area (Å²) in [5.74, 6) is -0.604. The molecular weight excluding hydrogens is 266 g/mol. The van der Waals surface area contributed by atoms with Crippen molar-refractivity contribution in [2.24, 2.45) is 0 Å². The molecule has 0 amide bonds. The summed E-state index contributed by atoms with van der Waals surface area (Å²) in [6, 6.07) is 8.72. The van der Waals surface area contributed by atoms with E-state index in [2.05, 4.69) is 0 Å². The van der Waals surface area contributed by atoms with Gasteiger partial charge in [-0.15, -0.1) is 0 Å². The average Bonchev–Trinajstić information content (AvgIpc) is 2.90. The Balaban J connectivity index is 1.78. The first kappa shape index (κ1) is 12.9. The quantitative estimate of drug-likeness (QED) is 0.938. The number of halogens is 2. The van der Waals surface area contributed by atoms with Crippen LogP contribution in [0.25, 0.3) is 0 Å². The molecule has 1 aliphatic rings. The zero-order valence-corrected chi connectivity index (χ0v) is 10.5. The lowest BCUT2D eigenvalue weighted by Gasteiger charge is -2.12. The largest absolute Gasteiger partial charge is 0.454 e. The van der Waals surface area contributed by atoms with E-state index in [4.69, 9.17) is 9.47 Å². The Hall–Kier alpha value is -2.14. The number of ether oxygens (including phenoxy) is 2. The van der Waals surface area contributed by atoms with E-state index in [1.807, 2.05) is 0 Å². The summed E-state index contributed by atoms with van der Waals surface area (Å²) in [7, 11) is 0. The van der Waals surface area contributed by atoms with Crippen molar-refractivity contribution in [2.45, 2.75) is 12.5 Å². The Bertz CT molecular complexity index is 643. The molecule has 2 aromatic carbocycles. The predicted molar refractivity (Wildman–Crippen MR) is 67.6 cm³/mol. The molecule has 3 rings (SSSR count). The minimum Gasteiger partial charge on any atom is -0.454 e. The highest BCUT2D eigenvalue weighted by molar-refractivity contribution is 5.45. The maximum atomic E-state index is 13.1. The summed E-state index contributed by atoms with van der Waals surface area (Å²) in [6.45, 7) is 0.165. The van der Waals surface area contributed by atoms with Crippen LogP contribution < -0.4 is 9.47 Å². The summed E-state index contributed by atoms with van der Waals surface area (Å²) in [4.78, 5) is 0. The molecule has 5 heteroatoms. The Labute approximate surface area is 114 Å². The van der Waals surface area contributed by atoms with Crippen LogP contribution >= 0.6 is 0 Å². The van der Waals surface area contributed by atoms with Crippen molar-refractivity contribution in [1.29, 1.82) is 0 Å². The van der Waals surface area contributed by atoms with Crippen molar-refractivity contribution in [1.82, 2.24) is 0 Å². The fourth-order valence-electron chi connectivity index (χ4n) is 2.13. The smallest absolute Gasteiger partial charge is 0.231 e. The molecule has 1 unspecified atom stereocenters. The van der Waals surface area contributed by atoms with E-state index in [9.17, 15) is 13.9 Å². The van der Waals surface area contributed by atoms with Crippen molar-refractivity contribution in [3.05, 3.63) is 59.2 Å². The van der Waals surface area contributed by atoms with Crippen LogP contribution in [0.5, 0.6) is 11.5 Å². The molecule has 0 aromatic heterocycles. The molecule has 20 heavy (non-hydrogen) atoms. The molecule has 3 nitrogen and oxygen atoms in total. The first-order valence-corrected chi connectivity index (χ1v) is 6.15. The first-order chi connectivity index (χ1) is 9.63. The second-order valence-corrected chi connectivity index (χ2v) is 4.58. The number of aliphatic hydroxyl groups is 1. The summed E-state index contributed by atoms with van der Waals surface area (Å²) in [6.07, 6.45) is -0.633. The van der Waals surface area contributed by atoms with Gasteiger partial charge in [0.1, 0.15) is 0 Å². The van der Waals surface area contributed by atoms with Crippen molar-refractivity contribution < 1.29 is 23.4 Å². The van der Waals surface area contributed by atoms with E-state index in [0.29, 0.717) is 22.6 Å². The molecule has 0 bridgehead atoms. The lowest BCUT2D eigenvalue weighted by atomic mass is 10.0. The fraction of sp³-hybridized carbons (Fsp3) is 0.200.